The molecule has 2 atom stereocenters. The van der Waals surface area contributed by atoms with Crippen molar-refractivity contribution in [2.75, 3.05) is 19.7 Å². The van der Waals surface area contributed by atoms with Gasteiger partial charge >= 0.3 is 0 Å². The number of aliphatic hydroxyl groups excluding tert-OH is 2. The molecule has 1 fully saturated rings. The highest BCUT2D eigenvalue weighted by Crippen LogP contribution is 2.25. The van der Waals surface area contributed by atoms with Gasteiger partial charge in [0.15, 0.2) is 0 Å². The van der Waals surface area contributed by atoms with Gasteiger partial charge in [-0.05, 0) is 42.2 Å². The Balaban J connectivity index is 1.82. The Morgan fingerprint density at radius 2 is 2.00 bits per heavy atom. The summed E-state index contributed by atoms with van der Waals surface area (Å²) in [5.41, 5.74) is 3.93. The Hall–Kier alpha value is -2.17. The van der Waals surface area contributed by atoms with E-state index in [-0.39, 0.29) is 25.0 Å². The summed E-state index contributed by atoms with van der Waals surface area (Å²) in [7, 11) is 0. The molecule has 1 heterocycles. The Morgan fingerprint density at radius 3 is 2.71 bits per heavy atom. The fraction of sp³-hybridized carbons (Fsp3) is 0.350. The van der Waals surface area contributed by atoms with Gasteiger partial charge in [-0.15, -0.1) is 0 Å². The zero-order valence-corrected chi connectivity index (χ0v) is 13.9. The molecule has 0 radical (unpaired) electrons. The van der Waals surface area contributed by atoms with Crippen molar-refractivity contribution in [1.29, 1.82) is 0 Å². The van der Waals surface area contributed by atoms with E-state index in [4.69, 9.17) is 0 Å². The first-order valence-electron chi connectivity index (χ1n) is 8.34. The second-order valence-corrected chi connectivity index (χ2v) is 6.45. The fourth-order valence-corrected chi connectivity index (χ4v) is 3.28. The number of amides is 1. The van der Waals surface area contributed by atoms with E-state index in [0.29, 0.717) is 18.5 Å². The second-order valence-electron chi connectivity index (χ2n) is 6.45. The number of β-amino-alcohol motifs (C(OH)–C–C–N with tert-alkyl or cyclic N) is 1. The summed E-state index contributed by atoms with van der Waals surface area (Å²) >= 11 is 0. The van der Waals surface area contributed by atoms with Gasteiger partial charge in [0.2, 0.25) is 0 Å². The number of aryl methyl sites for hydroxylation is 1. The molecule has 0 bridgehead atoms. The van der Waals surface area contributed by atoms with Gasteiger partial charge < -0.3 is 15.1 Å². The maximum atomic E-state index is 12.8. The van der Waals surface area contributed by atoms with E-state index in [2.05, 4.69) is 19.1 Å². The zero-order valence-electron chi connectivity index (χ0n) is 13.9. The Morgan fingerprint density at radius 1 is 1.21 bits per heavy atom. The number of benzene rings is 2. The first-order chi connectivity index (χ1) is 11.6. The van der Waals surface area contributed by atoms with Crippen molar-refractivity contribution < 1.29 is 15.0 Å². The molecule has 2 aromatic carbocycles. The van der Waals surface area contributed by atoms with Crippen LogP contribution in [0.5, 0.6) is 0 Å². The highest BCUT2D eigenvalue weighted by atomic mass is 16.3. The minimum Gasteiger partial charge on any atom is -0.396 e. The second kappa shape index (κ2) is 7.16. The molecule has 126 valence electrons. The molecule has 1 saturated heterocycles. The van der Waals surface area contributed by atoms with Crippen LogP contribution in [0.15, 0.2) is 48.5 Å². The highest BCUT2D eigenvalue weighted by molar-refractivity contribution is 5.95. The quantitative estimate of drug-likeness (QED) is 0.911. The molecule has 3 rings (SSSR count). The molecule has 0 unspecified atom stereocenters. The Kier molecular flexibility index (Phi) is 4.97. The first-order valence-corrected chi connectivity index (χ1v) is 8.34. The zero-order chi connectivity index (χ0) is 17.1. The van der Waals surface area contributed by atoms with Gasteiger partial charge in [0, 0.05) is 31.2 Å². The number of piperidine rings is 1. The van der Waals surface area contributed by atoms with Crippen LogP contribution in [-0.2, 0) is 0 Å². The summed E-state index contributed by atoms with van der Waals surface area (Å²) in [6, 6.07) is 15.7. The van der Waals surface area contributed by atoms with Crippen LogP contribution in [0.2, 0.25) is 0 Å². The van der Waals surface area contributed by atoms with Gasteiger partial charge in [0.1, 0.15) is 0 Å². The van der Waals surface area contributed by atoms with Gasteiger partial charge in [-0.1, -0.05) is 36.4 Å². The molecule has 4 nitrogen and oxygen atoms in total. The molecule has 0 aromatic heterocycles. The number of likely N-dealkylation sites (tertiary alicyclic amines) is 1. The molecule has 24 heavy (non-hydrogen) atoms. The minimum absolute atomic E-state index is 0.0357. The first kappa shape index (κ1) is 16.7. The van der Waals surface area contributed by atoms with Crippen LogP contribution in [0.3, 0.4) is 0 Å². The number of nitrogens with zero attached hydrogens (tertiary/aromatic N) is 1. The average molecular weight is 325 g/mol. The molecule has 0 saturated carbocycles. The van der Waals surface area contributed by atoms with E-state index in [9.17, 15) is 15.0 Å². The van der Waals surface area contributed by atoms with Crippen molar-refractivity contribution in [3.8, 4) is 11.1 Å². The largest absolute Gasteiger partial charge is 0.396 e. The van der Waals surface area contributed by atoms with Crippen LogP contribution in [0.4, 0.5) is 0 Å². The molecular formula is C20H23NO3. The number of carbonyl (C=O) groups is 1. The molecular weight excluding hydrogens is 302 g/mol. The van der Waals surface area contributed by atoms with Crippen LogP contribution >= 0.6 is 0 Å². The van der Waals surface area contributed by atoms with Crippen molar-refractivity contribution in [3.05, 3.63) is 59.7 Å². The standard InChI is InChI=1S/C20H23NO3/c1-14-5-2-3-8-18(14)15-6-4-7-16(11-15)20(24)21-10-9-17(13-22)19(23)12-21/h2-8,11,17,19,22-23H,9-10,12-13H2,1H3/t17-,19+/m0/s1. The van der Waals surface area contributed by atoms with E-state index >= 15 is 0 Å². The molecule has 0 spiro atoms. The monoisotopic (exact) mass is 325 g/mol. The van der Waals surface area contributed by atoms with Gasteiger partial charge in [-0.3, -0.25) is 4.79 Å². The summed E-state index contributed by atoms with van der Waals surface area (Å²) in [6.07, 6.45) is -0.0341. The van der Waals surface area contributed by atoms with E-state index < -0.39 is 6.10 Å². The van der Waals surface area contributed by atoms with E-state index in [1.807, 2.05) is 36.4 Å². The maximum absolute atomic E-state index is 12.8. The molecule has 4 heteroatoms. The number of carbonyl (C=O) groups excluding carboxylic acids is 1. The van der Waals surface area contributed by atoms with Gasteiger partial charge in [-0.2, -0.15) is 0 Å². The predicted molar refractivity (Wildman–Crippen MR) is 93.7 cm³/mol. The van der Waals surface area contributed by atoms with Gasteiger partial charge in [0.05, 0.1) is 6.10 Å². The van der Waals surface area contributed by atoms with Crippen LogP contribution < -0.4 is 0 Å². The smallest absolute Gasteiger partial charge is 0.253 e. The summed E-state index contributed by atoms with van der Waals surface area (Å²) in [5.74, 6) is -0.201. The lowest BCUT2D eigenvalue weighted by molar-refractivity contribution is 0.000879. The van der Waals surface area contributed by atoms with Crippen molar-refractivity contribution in [2.24, 2.45) is 5.92 Å². The van der Waals surface area contributed by atoms with Crippen LogP contribution in [0.25, 0.3) is 11.1 Å². The molecule has 1 amide bonds. The lowest BCUT2D eigenvalue weighted by atomic mass is 9.94. The lowest BCUT2D eigenvalue weighted by Crippen LogP contribution is -2.47. The van der Waals surface area contributed by atoms with Crippen LogP contribution in [0.1, 0.15) is 22.3 Å². The topological polar surface area (TPSA) is 60.8 Å². The van der Waals surface area contributed by atoms with Gasteiger partial charge in [-0.25, -0.2) is 0 Å². The molecule has 1 aliphatic heterocycles. The molecule has 2 N–H and O–H groups in total. The van der Waals surface area contributed by atoms with Crippen LogP contribution in [-0.4, -0.2) is 46.8 Å². The average Bonchev–Trinajstić information content (AvgIpc) is 2.61. The third kappa shape index (κ3) is 3.35. The number of hydrogen-bond acceptors (Lipinski definition) is 3. The summed E-state index contributed by atoms with van der Waals surface area (Å²) in [5, 5.41) is 19.3. The van der Waals surface area contributed by atoms with Gasteiger partial charge in [0.25, 0.3) is 5.91 Å². The van der Waals surface area contributed by atoms with Crippen molar-refractivity contribution in [3.63, 3.8) is 0 Å². The van der Waals surface area contributed by atoms with E-state index in [0.717, 1.165) is 11.1 Å². The maximum Gasteiger partial charge on any atom is 0.253 e. The number of rotatable bonds is 3. The Bertz CT molecular complexity index is 728. The van der Waals surface area contributed by atoms with Crippen molar-refractivity contribution in [2.45, 2.75) is 19.4 Å². The summed E-state index contributed by atoms with van der Waals surface area (Å²) in [6.45, 7) is 2.86. The summed E-state index contributed by atoms with van der Waals surface area (Å²) < 4.78 is 0. The lowest BCUT2D eigenvalue weighted by Gasteiger charge is -2.35. The van der Waals surface area contributed by atoms with E-state index in [1.165, 1.54) is 5.56 Å². The fourth-order valence-electron chi connectivity index (χ4n) is 3.28. The number of aliphatic hydroxyl groups is 2. The predicted octanol–water partition coefficient (Wildman–Crippen LogP) is 2.48. The van der Waals surface area contributed by atoms with Crippen molar-refractivity contribution in [1.82, 2.24) is 4.90 Å². The van der Waals surface area contributed by atoms with Crippen LogP contribution in [0, 0.1) is 12.8 Å². The normalized spacial score (nSPS) is 20.9. The van der Waals surface area contributed by atoms with Crippen molar-refractivity contribution >= 4 is 5.91 Å². The summed E-state index contributed by atoms with van der Waals surface area (Å²) in [4.78, 5) is 14.4. The Labute approximate surface area is 142 Å². The molecule has 0 aliphatic carbocycles. The highest BCUT2D eigenvalue weighted by Gasteiger charge is 2.30. The SMILES string of the molecule is Cc1ccccc1-c1cccc(C(=O)N2CC[C@@H](CO)[C@H](O)C2)c1. The molecule has 1 aliphatic rings. The minimum atomic E-state index is -0.660. The third-order valence-electron chi connectivity index (χ3n) is 4.81. The van der Waals surface area contributed by atoms with E-state index in [1.54, 1.807) is 4.90 Å². The third-order valence-corrected chi connectivity index (χ3v) is 4.81. The number of hydrogen-bond donors (Lipinski definition) is 2. The molecule has 2 aromatic rings.